The SMILES string of the molecule is CN(C)CCN(C)c1ccc(C(=O)O)c2ccccc12. The molecule has 4 nitrogen and oxygen atoms in total. The highest BCUT2D eigenvalue weighted by Crippen LogP contribution is 2.28. The number of fused-ring (bicyclic) bond motifs is 1. The van der Waals surface area contributed by atoms with Gasteiger partial charge in [0.2, 0.25) is 0 Å². The molecule has 0 amide bonds. The molecule has 106 valence electrons. The van der Waals surface area contributed by atoms with Crippen molar-refractivity contribution in [3.05, 3.63) is 42.0 Å². The molecule has 1 N–H and O–H groups in total. The van der Waals surface area contributed by atoms with Gasteiger partial charge in [-0.1, -0.05) is 24.3 Å². The summed E-state index contributed by atoms with van der Waals surface area (Å²) in [6, 6.07) is 11.2. The third-order valence-corrected chi connectivity index (χ3v) is 3.43. The van der Waals surface area contributed by atoms with Gasteiger partial charge < -0.3 is 14.9 Å². The van der Waals surface area contributed by atoms with Gasteiger partial charge in [0, 0.05) is 31.2 Å². The molecule has 0 saturated heterocycles. The highest BCUT2D eigenvalue weighted by Gasteiger charge is 2.13. The second-order valence-electron chi connectivity index (χ2n) is 5.21. The highest BCUT2D eigenvalue weighted by molar-refractivity contribution is 6.07. The fraction of sp³-hybridized carbons (Fsp3) is 0.312. The van der Waals surface area contributed by atoms with E-state index in [-0.39, 0.29) is 0 Å². The first-order chi connectivity index (χ1) is 9.50. The summed E-state index contributed by atoms with van der Waals surface area (Å²) in [5.74, 6) is -0.885. The zero-order valence-electron chi connectivity index (χ0n) is 12.1. The van der Waals surface area contributed by atoms with Crippen LogP contribution < -0.4 is 4.90 Å². The first-order valence-corrected chi connectivity index (χ1v) is 6.61. The molecule has 0 aliphatic heterocycles. The van der Waals surface area contributed by atoms with Gasteiger partial charge in [0.25, 0.3) is 0 Å². The van der Waals surface area contributed by atoms with E-state index >= 15 is 0 Å². The Balaban J connectivity index is 2.45. The van der Waals surface area contributed by atoms with Crippen molar-refractivity contribution in [3.63, 3.8) is 0 Å². The van der Waals surface area contributed by atoms with E-state index in [1.165, 1.54) is 0 Å². The lowest BCUT2D eigenvalue weighted by molar-refractivity contribution is 0.0699. The number of aromatic carboxylic acids is 1. The highest BCUT2D eigenvalue weighted by atomic mass is 16.4. The Kier molecular flexibility index (Phi) is 4.25. The molecule has 0 aliphatic rings. The van der Waals surface area contributed by atoms with Crippen LogP contribution in [0.5, 0.6) is 0 Å². The zero-order valence-corrected chi connectivity index (χ0v) is 12.1. The molecule has 0 radical (unpaired) electrons. The standard InChI is InChI=1S/C16H20N2O2/c1-17(2)10-11-18(3)15-9-8-14(16(19)20)12-6-4-5-7-13(12)15/h4-9H,10-11H2,1-3H3,(H,19,20). The molecular formula is C16H20N2O2. The van der Waals surface area contributed by atoms with Crippen molar-refractivity contribution >= 4 is 22.4 Å². The number of benzene rings is 2. The van der Waals surface area contributed by atoms with Crippen LogP contribution in [0.1, 0.15) is 10.4 Å². The number of rotatable bonds is 5. The molecule has 0 aromatic heterocycles. The van der Waals surface area contributed by atoms with E-state index in [0.29, 0.717) is 5.56 Å². The number of hydrogen-bond donors (Lipinski definition) is 1. The predicted octanol–water partition coefficient (Wildman–Crippen LogP) is 2.54. The summed E-state index contributed by atoms with van der Waals surface area (Å²) in [5, 5.41) is 11.0. The number of nitrogens with zero attached hydrogens (tertiary/aromatic N) is 2. The number of carboxylic acids is 1. The molecule has 2 aromatic carbocycles. The summed E-state index contributed by atoms with van der Waals surface area (Å²) in [7, 11) is 6.12. The van der Waals surface area contributed by atoms with Gasteiger partial charge in [0.1, 0.15) is 0 Å². The smallest absolute Gasteiger partial charge is 0.336 e. The molecule has 0 atom stereocenters. The Labute approximate surface area is 119 Å². The van der Waals surface area contributed by atoms with E-state index in [9.17, 15) is 9.90 Å². The van der Waals surface area contributed by atoms with Crippen LogP contribution in [-0.2, 0) is 0 Å². The average molecular weight is 272 g/mol. The van der Waals surface area contributed by atoms with E-state index in [0.717, 1.165) is 29.5 Å². The van der Waals surface area contributed by atoms with Gasteiger partial charge in [-0.3, -0.25) is 0 Å². The van der Waals surface area contributed by atoms with Crippen molar-refractivity contribution in [2.75, 3.05) is 39.1 Å². The number of carbonyl (C=O) groups is 1. The Morgan fingerprint density at radius 3 is 2.25 bits per heavy atom. The van der Waals surface area contributed by atoms with Crippen LogP contribution in [0, 0.1) is 0 Å². The molecule has 4 heteroatoms. The summed E-state index contributed by atoms with van der Waals surface area (Å²) in [6.45, 7) is 1.84. The fourth-order valence-electron chi connectivity index (χ4n) is 2.27. The van der Waals surface area contributed by atoms with Gasteiger partial charge in [-0.2, -0.15) is 0 Å². The fourth-order valence-corrected chi connectivity index (χ4v) is 2.27. The van der Waals surface area contributed by atoms with Gasteiger partial charge in [-0.05, 0) is 31.6 Å². The van der Waals surface area contributed by atoms with E-state index < -0.39 is 5.97 Å². The lowest BCUT2D eigenvalue weighted by Crippen LogP contribution is -2.28. The van der Waals surface area contributed by atoms with Crippen LogP contribution in [0.15, 0.2) is 36.4 Å². The maximum absolute atomic E-state index is 11.3. The van der Waals surface area contributed by atoms with Crippen molar-refractivity contribution in [3.8, 4) is 0 Å². The van der Waals surface area contributed by atoms with Gasteiger partial charge in [0.15, 0.2) is 0 Å². The molecular weight excluding hydrogens is 252 g/mol. The lowest BCUT2D eigenvalue weighted by atomic mass is 10.0. The van der Waals surface area contributed by atoms with Gasteiger partial charge in [-0.15, -0.1) is 0 Å². The van der Waals surface area contributed by atoms with Crippen LogP contribution in [-0.4, -0.2) is 50.2 Å². The first kappa shape index (κ1) is 14.3. The molecule has 0 saturated carbocycles. The maximum atomic E-state index is 11.3. The summed E-state index contributed by atoms with van der Waals surface area (Å²) in [5.41, 5.74) is 1.41. The second-order valence-corrected chi connectivity index (χ2v) is 5.21. The van der Waals surface area contributed by atoms with Crippen LogP contribution in [0.2, 0.25) is 0 Å². The molecule has 20 heavy (non-hydrogen) atoms. The van der Waals surface area contributed by atoms with Crippen molar-refractivity contribution in [1.29, 1.82) is 0 Å². The number of anilines is 1. The summed E-state index contributed by atoms with van der Waals surface area (Å²) in [4.78, 5) is 15.6. The normalized spacial score (nSPS) is 11.0. The summed E-state index contributed by atoms with van der Waals surface area (Å²) < 4.78 is 0. The van der Waals surface area contributed by atoms with Crippen LogP contribution in [0.4, 0.5) is 5.69 Å². The molecule has 2 rings (SSSR count). The van der Waals surface area contributed by atoms with Crippen LogP contribution >= 0.6 is 0 Å². The van der Waals surface area contributed by atoms with Crippen molar-refractivity contribution in [1.82, 2.24) is 4.90 Å². The molecule has 0 heterocycles. The monoisotopic (exact) mass is 272 g/mol. The largest absolute Gasteiger partial charge is 0.478 e. The minimum Gasteiger partial charge on any atom is -0.478 e. The predicted molar refractivity (Wildman–Crippen MR) is 82.7 cm³/mol. The van der Waals surface area contributed by atoms with Crippen LogP contribution in [0.25, 0.3) is 10.8 Å². The third-order valence-electron chi connectivity index (χ3n) is 3.43. The van der Waals surface area contributed by atoms with E-state index in [2.05, 4.69) is 9.80 Å². The number of hydrogen-bond acceptors (Lipinski definition) is 3. The summed E-state index contributed by atoms with van der Waals surface area (Å²) in [6.07, 6.45) is 0. The van der Waals surface area contributed by atoms with Crippen LogP contribution in [0.3, 0.4) is 0 Å². The topological polar surface area (TPSA) is 43.8 Å². The Morgan fingerprint density at radius 2 is 1.65 bits per heavy atom. The quantitative estimate of drug-likeness (QED) is 0.908. The van der Waals surface area contributed by atoms with Gasteiger partial charge >= 0.3 is 5.97 Å². The van der Waals surface area contributed by atoms with E-state index in [4.69, 9.17) is 0 Å². The molecule has 0 fully saturated rings. The molecule has 0 spiro atoms. The molecule has 0 bridgehead atoms. The third kappa shape index (κ3) is 2.91. The average Bonchev–Trinajstić information content (AvgIpc) is 2.43. The van der Waals surface area contributed by atoms with Crippen molar-refractivity contribution in [2.24, 2.45) is 0 Å². The second kappa shape index (κ2) is 5.92. The Hall–Kier alpha value is -2.07. The zero-order chi connectivity index (χ0) is 14.7. The number of likely N-dealkylation sites (N-methyl/N-ethyl adjacent to an activating group) is 2. The molecule has 0 unspecified atom stereocenters. The summed E-state index contributed by atoms with van der Waals surface area (Å²) >= 11 is 0. The molecule has 2 aromatic rings. The van der Waals surface area contributed by atoms with E-state index in [1.54, 1.807) is 6.07 Å². The van der Waals surface area contributed by atoms with E-state index in [1.807, 2.05) is 51.5 Å². The number of carboxylic acid groups (broad SMARTS) is 1. The Morgan fingerprint density at radius 1 is 1.00 bits per heavy atom. The maximum Gasteiger partial charge on any atom is 0.336 e. The van der Waals surface area contributed by atoms with Gasteiger partial charge in [0.05, 0.1) is 5.56 Å². The van der Waals surface area contributed by atoms with Crippen molar-refractivity contribution < 1.29 is 9.90 Å². The molecule has 0 aliphatic carbocycles. The Bertz CT molecular complexity index is 623. The lowest BCUT2D eigenvalue weighted by Gasteiger charge is -2.23. The minimum absolute atomic E-state index is 0.352. The van der Waals surface area contributed by atoms with Gasteiger partial charge in [-0.25, -0.2) is 4.79 Å². The minimum atomic E-state index is -0.885. The van der Waals surface area contributed by atoms with Crippen molar-refractivity contribution in [2.45, 2.75) is 0 Å². The first-order valence-electron chi connectivity index (χ1n) is 6.61.